The van der Waals surface area contributed by atoms with E-state index >= 15 is 0 Å². The maximum absolute atomic E-state index is 13.3. The number of rotatable bonds is 2. The third kappa shape index (κ3) is 2.38. The number of hydrogen-bond acceptors (Lipinski definition) is 1. The first-order chi connectivity index (χ1) is 9.60. The van der Waals surface area contributed by atoms with Crippen molar-refractivity contribution in [3.63, 3.8) is 0 Å². The molecule has 0 fully saturated rings. The summed E-state index contributed by atoms with van der Waals surface area (Å²) in [5.41, 5.74) is 2.33. The van der Waals surface area contributed by atoms with Crippen molar-refractivity contribution in [1.29, 1.82) is 0 Å². The lowest BCUT2D eigenvalue weighted by Crippen LogP contribution is -2.00. The number of aromatic nitrogens is 2. The van der Waals surface area contributed by atoms with Crippen LogP contribution in [0.15, 0.2) is 45.3 Å². The Kier molecular flexibility index (Phi) is 3.84. The monoisotopic (exact) mass is 416 g/mol. The minimum Gasteiger partial charge on any atom is -0.294 e. The van der Waals surface area contributed by atoms with Gasteiger partial charge >= 0.3 is 0 Å². The number of benzene rings is 2. The van der Waals surface area contributed by atoms with Gasteiger partial charge in [-0.15, -0.1) is 11.6 Å². The van der Waals surface area contributed by atoms with E-state index in [1.807, 2.05) is 22.8 Å². The molecule has 102 valence electrons. The van der Waals surface area contributed by atoms with Crippen molar-refractivity contribution in [2.75, 3.05) is 0 Å². The summed E-state index contributed by atoms with van der Waals surface area (Å²) in [4.78, 5) is 4.39. The molecule has 0 radical (unpaired) electrons. The minimum absolute atomic E-state index is 0.249. The van der Waals surface area contributed by atoms with E-state index in [1.54, 1.807) is 6.07 Å². The van der Waals surface area contributed by atoms with Gasteiger partial charge in [0.2, 0.25) is 0 Å². The van der Waals surface area contributed by atoms with Crippen molar-refractivity contribution < 1.29 is 4.39 Å². The number of hydrogen-bond donors (Lipinski definition) is 0. The van der Waals surface area contributed by atoms with Crippen LogP contribution < -0.4 is 0 Å². The van der Waals surface area contributed by atoms with Crippen LogP contribution in [0.4, 0.5) is 4.39 Å². The maximum Gasteiger partial charge on any atom is 0.129 e. The zero-order valence-corrected chi connectivity index (χ0v) is 14.0. The first-order valence-corrected chi connectivity index (χ1v) is 7.90. The molecule has 0 saturated carbocycles. The molecule has 0 unspecified atom stereocenters. The lowest BCUT2D eigenvalue weighted by atomic mass is 10.2. The van der Waals surface area contributed by atoms with Crippen LogP contribution in [-0.2, 0) is 5.88 Å². The maximum atomic E-state index is 13.3. The van der Waals surface area contributed by atoms with E-state index in [-0.39, 0.29) is 11.7 Å². The molecule has 0 saturated heterocycles. The van der Waals surface area contributed by atoms with Crippen LogP contribution in [0.2, 0.25) is 0 Å². The van der Waals surface area contributed by atoms with Crippen LogP contribution in [0, 0.1) is 5.82 Å². The molecule has 0 atom stereocenters. The molecule has 1 aromatic heterocycles. The summed E-state index contributed by atoms with van der Waals surface area (Å²) in [6, 6.07) is 10.4. The van der Waals surface area contributed by atoms with Gasteiger partial charge in [0.15, 0.2) is 0 Å². The number of fused-ring (bicyclic) bond motifs is 1. The van der Waals surface area contributed by atoms with Crippen molar-refractivity contribution in [3.05, 3.63) is 57.0 Å². The van der Waals surface area contributed by atoms with Gasteiger partial charge in [-0.2, -0.15) is 0 Å². The van der Waals surface area contributed by atoms with E-state index in [1.165, 1.54) is 12.1 Å². The molecule has 6 heteroatoms. The Bertz CT molecular complexity index is 801. The summed E-state index contributed by atoms with van der Waals surface area (Å²) in [5.74, 6) is 0.618. The first-order valence-electron chi connectivity index (χ1n) is 5.78. The fourth-order valence-corrected chi connectivity index (χ4v) is 3.53. The summed E-state index contributed by atoms with van der Waals surface area (Å²) in [6.45, 7) is 0. The highest BCUT2D eigenvalue weighted by atomic mass is 79.9. The van der Waals surface area contributed by atoms with Gasteiger partial charge in [0.1, 0.15) is 11.6 Å². The third-order valence-electron chi connectivity index (χ3n) is 2.96. The zero-order chi connectivity index (χ0) is 14.3. The number of alkyl halides is 1. The Morgan fingerprint density at radius 2 is 1.95 bits per heavy atom. The smallest absolute Gasteiger partial charge is 0.129 e. The zero-order valence-electron chi connectivity index (χ0n) is 10.1. The van der Waals surface area contributed by atoms with E-state index in [9.17, 15) is 4.39 Å². The fraction of sp³-hybridized carbons (Fsp3) is 0.0714. The molecule has 0 spiro atoms. The molecule has 0 bridgehead atoms. The minimum atomic E-state index is -0.307. The Morgan fingerprint density at radius 1 is 1.15 bits per heavy atom. The predicted octanol–water partition coefficient (Wildman–Crippen LogP) is 5.43. The van der Waals surface area contributed by atoms with E-state index in [2.05, 4.69) is 36.8 Å². The van der Waals surface area contributed by atoms with Crippen molar-refractivity contribution in [3.8, 4) is 5.69 Å². The van der Waals surface area contributed by atoms with Gasteiger partial charge < -0.3 is 0 Å². The van der Waals surface area contributed by atoms with Crippen LogP contribution >= 0.6 is 43.5 Å². The van der Waals surface area contributed by atoms with E-state index in [0.717, 1.165) is 20.1 Å². The van der Waals surface area contributed by atoms with Crippen LogP contribution in [0.25, 0.3) is 16.7 Å². The first kappa shape index (κ1) is 14.0. The summed E-state index contributed by atoms with van der Waals surface area (Å²) in [7, 11) is 0. The van der Waals surface area contributed by atoms with E-state index in [0.29, 0.717) is 11.3 Å². The van der Waals surface area contributed by atoms with Gasteiger partial charge in [-0.1, -0.05) is 15.9 Å². The molecular weight excluding hydrogens is 410 g/mol. The van der Waals surface area contributed by atoms with Gasteiger partial charge in [0.05, 0.1) is 22.6 Å². The molecular formula is C14H8Br2ClFN2. The molecule has 0 aliphatic heterocycles. The quantitative estimate of drug-likeness (QED) is 0.508. The van der Waals surface area contributed by atoms with Crippen molar-refractivity contribution in [2.24, 2.45) is 0 Å². The summed E-state index contributed by atoms with van der Waals surface area (Å²) < 4.78 is 17.1. The highest BCUT2D eigenvalue weighted by Gasteiger charge is 2.14. The van der Waals surface area contributed by atoms with Crippen molar-refractivity contribution in [2.45, 2.75) is 5.88 Å². The van der Waals surface area contributed by atoms with Crippen molar-refractivity contribution in [1.82, 2.24) is 9.55 Å². The Balaban J connectivity index is 2.34. The van der Waals surface area contributed by atoms with Crippen LogP contribution in [-0.4, -0.2) is 9.55 Å². The molecule has 3 rings (SSSR count). The molecule has 0 aliphatic rings. The topological polar surface area (TPSA) is 17.8 Å². The van der Waals surface area contributed by atoms with Crippen molar-refractivity contribution >= 4 is 54.5 Å². The highest BCUT2D eigenvalue weighted by Crippen LogP contribution is 2.30. The number of nitrogens with zero attached hydrogens (tertiary/aromatic N) is 2. The molecule has 2 aromatic carbocycles. The third-order valence-corrected chi connectivity index (χ3v) is 4.32. The van der Waals surface area contributed by atoms with E-state index < -0.39 is 0 Å². The second-order valence-electron chi connectivity index (χ2n) is 4.23. The van der Waals surface area contributed by atoms with Gasteiger partial charge in [0, 0.05) is 15.0 Å². The van der Waals surface area contributed by atoms with Crippen LogP contribution in [0.3, 0.4) is 0 Å². The summed E-state index contributed by atoms with van der Waals surface area (Å²) in [5, 5.41) is 0. The molecule has 1 heterocycles. The average Bonchev–Trinajstić information content (AvgIpc) is 2.76. The lowest BCUT2D eigenvalue weighted by Gasteiger charge is -2.10. The average molecular weight is 418 g/mol. The standard InChI is InChI=1S/C14H8Br2ClFN2/c15-8-1-3-12(10(16)5-8)20-13-4-2-9(18)6-11(13)19-14(20)7-17/h1-6H,7H2. The lowest BCUT2D eigenvalue weighted by molar-refractivity contribution is 0.629. The van der Waals surface area contributed by atoms with E-state index in [4.69, 9.17) is 11.6 Å². The summed E-state index contributed by atoms with van der Waals surface area (Å²) in [6.07, 6.45) is 0. The van der Waals surface area contributed by atoms with Crippen LogP contribution in [0.1, 0.15) is 5.82 Å². The fourth-order valence-electron chi connectivity index (χ4n) is 2.12. The number of imidazole rings is 1. The Hall–Kier alpha value is -0.910. The summed E-state index contributed by atoms with van der Waals surface area (Å²) >= 11 is 12.9. The Labute approximate surface area is 136 Å². The molecule has 20 heavy (non-hydrogen) atoms. The molecule has 2 nitrogen and oxygen atoms in total. The SMILES string of the molecule is Fc1ccc2c(c1)nc(CCl)n2-c1ccc(Br)cc1Br. The predicted molar refractivity (Wildman–Crippen MR) is 86.0 cm³/mol. The molecule has 3 aromatic rings. The largest absolute Gasteiger partial charge is 0.294 e. The normalized spacial score (nSPS) is 11.2. The molecule has 0 aliphatic carbocycles. The van der Waals surface area contributed by atoms with Crippen LogP contribution in [0.5, 0.6) is 0 Å². The van der Waals surface area contributed by atoms with Gasteiger partial charge in [0.25, 0.3) is 0 Å². The van der Waals surface area contributed by atoms with Gasteiger partial charge in [-0.25, -0.2) is 9.37 Å². The van der Waals surface area contributed by atoms with Gasteiger partial charge in [-0.05, 0) is 46.3 Å². The second kappa shape index (κ2) is 5.47. The Morgan fingerprint density at radius 3 is 2.65 bits per heavy atom. The highest BCUT2D eigenvalue weighted by molar-refractivity contribution is 9.11. The number of halogens is 4. The molecule has 0 N–H and O–H groups in total. The second-order valence-corrected chi connectivity index (χ2v) is 6.26. The van der Waals surface area contributed by atoms with Gasteiger partial charge in [-0.3, -0.25) is 4.57 Å². The molecule has 0 amide bonds.